The summed E-state index contributed by atoms with van der Waals surface area (Å²) in [5.74, 6) is 1.72. The summed E-state index contributed by atoms with van der Waals surface area (Å²) in [6, 6.07) is 1.53. The molecule has 2 rings (SSSR count). The maximum atomic E-state index is 3.86. The summed E-state index contributed by atoms with van der Waals surface area (Å²) in [4.78, 5) is 2.87. The molecule has 2 heteroatoms. The Morgan fingerprint density at radius 2 is 1.81 bits per heavy atom. The van der Waals surface area contributed by atoms with Crippen molar-refractivity contribution in [1.82, 2.24) is 10.2 Å². The highest BCUT2D eigenvalue weighted by Gasteiger charge is 2.34. The monoisotopic (exact) mass is 294 g/mol. The lowest BCUT2D eigenvalue weighted by Crippen LogP contribution is -2.60. The van der Waals surface area contributed by atoms with Gasteiger partial charge in [0.05, 0.1) is 0 Å². The van der Waals surface area contributed by atoms with Gasteiger partial charge in [-0.2, -0.15) is 0 Å². The maximum absolute atomic E-state index is 3.86. The van der Waals surface area contributed by atoms with Crippen LogP contribution in [-0.4, -0.2) is 36.6 Å². The van der Waals surface area contributed by atoms with Crippen molar-refractivity contribution < 1.29 is 0 Å². The number of nitrogens with one attached hydrogen (secondary N) is 1. The van der Waals surface area contributed by atoms with Crippen LogP contribution >= 0.6 is 0 Å². The van der Waals surface area contributed by atoms with E-state index in [9.17, 15) is 0 Å². The van der Waals surface area contributed by atoms with E-state index >= 15 is 0 Å². The van der Waals surface area contributed by atoms with E-state index in [1.165, 1.54) is 77.4 Å². The van der Waals surface area contributed by atoms with Crippen LogP contribution in [0.15, 0.2) is 0 Å². The number of piperazine rings is 1. The quantitative estimate of drug-likeness (QED) is 0.698. The normalized spacial score (nSPS) is 29.1. The van der Waals surface area contributed by atoms with Crippen LogP contribution in [0.1, 0.15) is 78.6 Å². The summed E-state index contributed by atoms with van der Waals surface area (Å²) in [6.45, 7) is 10.9. The first-order valence-electron chi connectivity index (χ1n) is 9.69. The Morgan fingerprint density at radius 1 is 1.05 bits per heavy atom. The number of unbranched alkanes of at least 4 members (excludes halogenated alkanes) is 3. The fourth-order valence-corrected chi connectivity index (χ4v) is 4.28. The Labute approximate surface area is 133 Å². The number of hydrogen-bond donors (Lipinski definition) is 1. The van der Waals surface area contributed by atoms with Gasteiger partial charge in [0.15, 0.2) is 0 Å². The molecular formula is C19H38N2. The van der Waals surface area contributed by atoms with Crippen LogP contribution in [0.25, 0.3) is 0 Å². The van der Waals surface area contributed by atoms with Crippen LogP contribution in [-0.2, 0) is 0 Å². The molecule has 2 unspecified atom stereocenters. The second-order valence-corrected chi connectivity index (χ2v) is 7.78. The molecule has 2 nitrogen and oxygen atoms in total. The van der Waals surface area contributed by atoms with Crippen molar-refractivity contribution in [2.24, 2.45) is 11.8 Å². The second kappa shape index (κ2) is 9.15. The molecule has 0 aromatic rings. The average molecular weight is 295 g/mol. The van der Waals surface area contributed by atoms with Crippen molar-refractivity contribution in [2.45, 2.75) is 90.6 Å². The van der Waals surface area contributed by atoms with Gasteiger partial charge in [0, 0.05) is 25.2 Å². The SMILES string of the molecule is CCCCCCN1CC(C(C)C)NCC1C1CCCCC1. The zero-order valence-corrected chi connectivity index (χ0v) is 14.7. The first-order chi connectivity index (χ1) is 10.2. The van der Waals surface area contributed by atoms with Crippen molar-refractivity contribution in [3.63, 3.8) is 0 Å². The molecule has 0 aromatic heterocycles. The lowest BCUT2D eigenvalue weighted by molar-refractivity contribution is 0.0601. The van der Waals surface area contributed by atoms with E-state index in [0.29, 0.717) is 6.04 Å². The molecule has 0 spiro atoms. The zero-order chi connectivity index (χ0) is 15.1. The molecule has 1 heterocycles. The van der Waals surface area contributed by atoms with Gasteiger partial charge in [-0.05, 0) is 37.6 Å². The number of rotatable bonds is 7. The molecule has 2 aliphatic rings. The third kappa shape index (κ3) is 5.25. The molecule has 2 fully saturated rings. The second-order valence-electron chi connectivity index (χ2n) is 7.78. The smallest absolute Gasteiger partial charge is 0.0249 e. The lowest BCUT2D eigenvalue weighted by atomic mass is 9.81. The van der Waals surface area contributed by atoms with Crippen molar-refractivity contribution in [3.05, 3.63) is 0 Å². The minimum atomic E-state index is 0.705. The van der Waals surface area contributed by atoms with Gasteiger partial charge < -0.3 is 5.32 Å². The molecule has 0 radical (unpaired) electrons. The highest BCUT2D eigenvalue weighted by Crippen LogP contribution is 2.31. The molecule has 2 atom stereocenters. The zero-order valence-electron chi connectivity index (χ0n) is 14.7. The van der Waals surface area contributed by atoms with Gasteiger partial charge in [0.2, 0.25) is 0 Å². The third-order valence-electron chi connectivity index (χ3n) is 5.79. The molecule has 1 saturated carbocycles. The van der Waals surface area contributed by atoms with Crippen molar-refractivity contribution >= 4 is 0 Å². The van der Waals surface area contributed by atoms with E-state index in [0.717, 1.165) is 17.9 Å². The third-order valence-corrected chi connectivity index (χ3v) is 5.79. The van der Waals surface area contributed by atoms with Gasteiger partial charge in [-0.25, -0.2) is 0 Å². The van der Waals surface area contributed by atoms with E-state index in [1.807, 2.05) is 0 Å². The molecule has 0 amide bonds. The van der Waals surface area contributed by atoms with Gasteiger partial charge in [0.1, 0.15) is 0 Å². The number of nitrogens with zero attached hydrogens (tertiary/aromatic N) is 1. The molecule has 124 valence electrons. The fourth-order valence-electron chi connectivity index (χ4n) is 4.28. The first-order valence-corrected chi connectivity index (χ1v) is 9.69. The van der Waals surface area contributed by atoms with Gasteiger partial charge >= 0.3 is 0 Å². The standard InChI is InChI=1S/C19H38N2/c1-4-5-6-10-13-21-15-18(16(2)3)20-14-19(21)17-11-8-7-9-12-17/h16-20H,4-15H2,1-3H3. The highest BCUT2D eigenvalue weighted by molar-refractivity contribution is 4.91. The van der Waals surface area contributed by atoms with E-state index in [4.69, 9.17) is 0 Å². The van der Waals surface area contributed by atoms with Crippen LogP contribution in [0.3, 0.4) is 0 Å². The summed E-state index contributed by atoms with van der Waals surface area (Å²) in [5, 5.41) is 3.86. The molecule has 1 aliphatic carbocycles. The predicted molar refractivity (Wildman–Crippen MR) is 92.7 cm³/mol. The van der Waals surface area contributed by atoms with Gasteiger partial charge in [0.25, 0.3) is 0 Å². The lowest BCUT2D eigenvalue weighted by Gasteiger charge is -2.46. The molecular weight excluding hydrogens is 256 g/mol. The molecule has 1 aliphatic heterocycles. The van der Waals surface area contributed by atoms with Crippen molar-refractivity contribution in [1.29, 1.82) is 0 Å². The van der Waals surface area contributed by atoms with Crippen LogP contribution in [0.2, 0.25) is 0 Å². The van der Waals surface area contributed by atoms with Crippen molar-refractivity contribution in [3.8, 4) is 0 Å². The Bertz CT molecular complexity index is 271. The summed E-state index contributed by atoms with van der Waals surface area (Å²) in [5.41, 5.74) is 0. The molecule has 0 bridgehead atoms. The molecule has 1 saturated heterocycles. The average Bonchev–Trinajstić information content (AvgIpc) is 2.52. The Morgan fingerprint density at radius 3 is 2.48 bits per heavy atom. The van der Waals surface area contributed by atoms with Gasteiger partial charge in [-0.3, -0.25) is 4.90 Å². The predicted octanol–water partition coefficient (Wildman–Crippen LogP) is 4.45. The Balaban J connectivity index is 1.89. The Kier molecular flexibility index (Phi) is 7.53. The topological polar surface area (TPSA) is 15.3 Å². The van der Waals surface area contributed by atoms with E-state index in [2.05, 4.69) is 31.0 Å². The molecule has 21 heavy (non-hydrogen) atoms. The van der Waals surface area contributed by atoms with Crippen LogP contribution in [0.4, 0.5) is 0 Å². The first kappa shape index (κ1) is 17.3. The minimum absolute atomic E-state index is 0.705. The summed E-state index contributed by atoms with van der Waals surface area (Å²) in [7, 11) is 0. The van der Waals surface area contributed by atoms with Gasteiger partial charge in [-0.1, -0.05) is 59.3 Å². The number of hydrogen-bond acceptors (Lipinski definition) is 2. The molecule has 0 aromatic carbocycles. The summed E-state index contributed by atoms with van der Waals surface area (Å²) >= 11 is 0. The Hall–Kier alpha value is -0.0800. The van der Waals surface area contributed by atoms with Crippen LogP contribution < -0.4 is 5.32 Å². The molecule has 1 N–H and O–H groups in total. The summed E-state index contributed by atoms with van der Waals surface area (Å²) in [6.07, 6.45) is 13.0. The largest absolute Gasteiger partial charge is 0.311 e. The van der Waals surface area contributed by atoms with Gasteiger partial charge in [-0.15, -0.1) is 0 Å². The van der Waals surface area contributed by atoms with Crippen molar-refractivity contribution in [2.75, 3.05) is 19.6 Å². The van der Waals surface area contributed by atoms with Crippen LogP contribution in [0.5, 0.6) is 0 Å². The highest BCUT2D eigenvalue weighted by atomic mass is 15.2. The van der Waals surface area contributed by atoms with E-state index in [-0.39, 0.29) is 0 Å². The minimum Gasteiger partial charge on any atom is -0.311 e. The van der Waals surface area contributed by atoms with E-state index in [1.54, 1.807) is 0 Å². The van der Waals surface area contributed by atoms with E-state index < -0.39 is 0 Å². The van der Waals surface area contributed by atoms with Crippen LogP contribution in [0, 0.1) is 11.8 Å². The fraction of sp³-hybridized carbons (Fsp3) is 1.00. The maximum Gasteiger partial charge on any atom is 0.0249 e. The summed E-state index contributed by atoms with van der Waals surface area (Å²) < 4.78 is 0.